The van der Waals surface area contributed by atoms with Gasteiger partial charge in [-0.3, -0.25) is 0 Å². The van der Waals surface area contributed by atoms with E-state index in [0.29, 0.717) is 11.4 Å². The summed E-state index contributed by atoms with van der Waals surface area (Å²) in [5.74, 6) is 0.0285. The molecule has 0 saturated carbocycles. The number of benzene rings is 2. The Bertz CT molecular complexity index is 1410. The molecule has 0 N–H and O–H groups in total. The number of ether oxygens (including phenoxy) is 1. The first-order valence-corrected chi connectivity index (χ1v) is 12.4. The Hall–Kier alpha value is -3.20. The van der Waals surface area contributed by atoms with Gasteiger partial charge >= 0.3 is 6.18 Å². The van der Waals surface area contributed by atoms with Crippen LogP contribution in [0.4, 0.5) is 13.2 Å². The summed E-state index contributed by atoms with van der Waals surface area (Å²) < 4.78 is 52.8. The molecule has 5 nitrogen and oxygen atoms in total. The number of alkyl halides is 3. The first-order chi connectivity index (χ1) is 16.7. The summed E-state index contributed by atoms with van der Waals surface area (Å²) in [6, 6.07) is 18.5. The predicted octanol–water partition coefficient (Wildman–Crippen LogP) is 6.41. The van der Waals surface area contributed by atoms with Crippen molar-refractivity contribution in [1.29, 1.82) is 0 Å². The van der Waals surface area contributed by atoms with Crippen molar-refractivity contribution in [3.63, 3.8) is 0 Å². The van der Waals surface area contributed by atoms with Gasteiger partial charge in [-0.25, -0.2) is 9.36 Å². The number of fused-ring (bicyclic) bond motifs is 5. The number of halogens is 3. The van der Waals surface area contributed by atoms with E-state index in [-0.39, 0.29) is 17.4 Å². The summed E-state index contributed by atoms with van der Waals surface area (Å²) >= 11 is 1.62. The summed E-state index contributed by atoms with van der Waals surface area (Å²) in [5.41, 5.74) is 1.44. The molecule has 0 bridgehead atoms. The highest BCUT2D eigenvalue weighted by atomic mass is 32.2. The van der Waals surface area contributed by atoms with Gasteiger partial charge in [-0.05, 0) is 45.0 Å². The molecule has 0 fully saturated rings. The first kappa shape index (κ1) is 22.3. The topological polar surface area (TPSA) is 44.9 Å². The molecular formula is C26H23F3N4OS. The lowest BCUT2D eigenvalue weighted by Crippen LogP contribution is -2.48. The van der Waals surface area contributed by atoms with Gasteiger partial charge in [0.2, 0.25) is 5.88 Å². The molecule has 4 heterocycles. The zero-order chi connectivity index (χ0) is 24.5. The number of hydrogen-bond donors (Lipinski definition) is 0. The molecule has 0 spiro atoms. The third kappa shape index (κ3) is 3.39. The van der Waals surface area contributed by atoms with Gasteiger partial charge in [-0.2, -0.15) is 23.4 Å². The second-order valence-corrected chi connectivity index (χ2v) is 10.5. The molecule has 0 saturated heterocycles. The lowest BCUT2D eigenvalue weighted by atomic mass is 9.72. The maximum atomic E-state index is 14.4. The van der Waals surface area contributed by atoms with Crippen molar-refractivity contribution in [2.24, 2.45) is 5.92 Å². The highest BCUT2D eigenvalue weighted by Gasteiger charge is 2.55. The number of rotatable bonds is 2. The minimum absolute atomic E-state index is 0.0999. The number of hydrogen-bond acceptors (Lipinski definition) is 4. The van der Waals surface area contributed by atoms with Gasteiger partial charge in [0.15, 0.2) is 5.69 Å². The van der Waals surface area contributed by atoms with Crippen LogP contribution in [-0.4, -0.2) is 30.9 Å². The molecule has 0 aliphatic carbocycles. The van der Waals surface area contributed by atoms with Crippen LogP contribution in [0.25, 0.3) is 11.4 Å². The average molecular weight is 497 g/mol. The lowest BCUT2D eigenvalue weighted by Gasteiger charge is -2.46. The van der Waals surface area contributed by atoms with Crippen LogP contribution in [0.15, 0.2) is 65.7 Å². The SMILES string of the molecule is Cc1nn(-c2ccccc2)c2c1C1c3c(C(F)(F)F)nn(-c4ccccc4)c3OC(C)(C)C1CS2. The number of para-hydroxylation sites is 2. The standard InChI is InChI=1S/C26H23F3N4OS/c1-15-19-20-18(14-35-24(19)33(30-15)17-12-8-5-9-13-17)25(2,3)34-23-21(20)22(26(27,28)29)31-32(23)16-10-6-4-7-11-16/h4-13,18,20H,14H2,1-3H3. The molecule has 4 aromatic rings. The van der Waals surface area contributed by atoms with E-state index in [2.05, 4.69) is 5.10 Å². The first-order valence-electron chi connectivity index (χ1n) is 11.4. The van der Waals surface area contributed by atoms with Crippen molar-refractivity contribution in [2.45, 2.75) is 43.5 Å². The van der Waals surface area contributed by atoms with Crippen LogP contribution >= 0.6 is 11.8 Å². The molecule has 0 amide bonds. The number of aromatic nitrogens is 4. The third-order valence-electron chi connectivity index (χ3n) is 6.89. The maximum Gasteiger partial charge on any atom is 0.435 e. The summed E-state index contributed by atoms with van der Waals surface area (Å²) in [6.07, 6.45) is -4.63. The van der Waals surface area contributed by atoms with Crippen LogP contribution in [0, 0.1) is 12.8 Å². The number of nitrogens with zero attached hydrogens (tertiary/aromatic N) is 4. The van der Waals surface area contributed by atoms with Gasteiger partial charge in [-0.15, -0.1) is 11.8 Å². The quantitative estimate of drug-likeness (QED) is 0.322. The molecule has 2 atom stereocenters. The molecule has 180 valence electrons. The molecule has 0 radical (unpaired) electrons. The van der Waals surface area contributed by atoms with Crippen LogP contribution in [0.2, 0.25) is 0 Å². The van der Waals surface area contributed by atoms with Gasteiger partial charge < -0.3 is 4.74 Å². The van der Waals surface area contributed by atoms with E-state index < -0.39 is 23.4 Å². The van der Waals surface area contributed by atoms with Crippen molar-refractivity contribution >= 4 is 11.8 Å². The fourth-order valence-corrected chi connectivity index (χ4v) is 6.87. The largest absolute Gasteiger partial charge is 0.471 e. The van der Waals surface area contributed by atoms with E-state index >= 15 is 0 Å². The van der Waals surface area contributed by atoms with Crippen molar-refractivity contribution in [3.8, 4) is 17.3 Å². The Morgan fingerprint density at radius 3 is 2.11 bits per heavy atom. The molecule has 2 aromatic heterocycles. The van der Waals surface area contributed by atoms with Gasteiger partial charge in [0.25, 0.3) is 0 Å². The third-order valence-corrected chi connectivity index (χ3v) is 8.08. The molecular weight excluding hydrogens is 473 g/mol. The van der Waals surface area contributed by atoms with Gasteiger partial charge in [-0.1, -0.05) is 36.4 Å². The van der Waals surface area contributed by atoms with E-state index in [1.807, 2.05) is 61.9 Å². The van der Waals surface area contributed by atoms with E-state index in [4.69, 9.17) is 9.84 Å². The molecule has 2 aliphatic rings. The fourth-order valence-electron chi connectivity index (χ4n) is 5.24. The molecule has 2 unspecified atom stereocenters. The van der Waals surface area contributed by atoms with Crippen molar-refractivity contribution in [3.05, 3.63) is 83.2 Å². The van der Waals surface area contributed by atoms with Crippen molar-refractivity contribution in [1.82, 2.24) is 19.6 Å². The predicted molar refractivity (Wildman–Crippen MR) is 128 cm³/mol. The van der Waals surface area contributed by atoms with E-state index in [0.717, 1.165) is 22.0 Å². The van der Waals surface area contributed by atoms with E-state index in [9.17, 15) is 13.2 Å². The minimum atomic E-state index is -4.63. The second kappa shape index (κ2) is 7.65. The van der Waals surface area contributed by atoms with Crippen molar-refractivity contribution in [2.75, 3.05) is 5.75 Å². The summed E-state index contributed by atoms with van der Waals surface area (Å²) in [6.45, 7) is 5.77. The minimum Gasteiger partial charge on any atom is -0.471 e. The van der Waals surface area contributed by atoms with Crippen LogP contribution in [0.5, 0.6) is 5.88 Å². The van der Waals surface area contributed by atoms with Crippen LogP contribution in [0.3, 0.4) is 0 Å². The van der Waals surface area contributed by atoms with Gasteiger partial charge in [0.05, 0.1) is 22.6 Å². The maximum absolute atomic E-state index is 14.4. The molecule has 2 aromatic carbocycles. The zero-order valence-electron chi connectivity index (χ0n) is 19.4. The highest BCUT2D eigenvalue weighted by molar-refractivity contribution is 7.99. The number of aryl methyl sites for hydroxylation is 1. The molecule has 9 heteroatoms. The van der Waals surface area contributed by atoms with Crippen LogP contribution in [-0.2, 0) is 6.18 Å². The van der Waals surface area contributed by atoms with Crippen molar-refractivity contribution < 1.29 is 17.9 Å². The lowest BCUT2D eigenvalue weighted by molar-refractivity contribution is -0.142. The number of thioether (sulfide) groups is 1. The average Bonchev–Trinajstić information content (AvgIpc) is 3.38. The van der Waals surface area contributed by atoms with Gasteiger partial charge in [0, 0.05) is 23.2 Å². The summed E-state index contributed by atoms with van der Waals surface area (Å²) in [4.78, 5) is 0. The monoisotopic (exact) mass is 496 g/mol. The van der Waals surface area contributed by atoms with Gasteiger partial charge in [0.1, 0.15) is 10.6 Å². The highest BCUT2D eigenvalue weighted by Crippen LogP contribution is 2.58. The summed E-state index contributed by atoms with van der Waals surface area (Å²) in [7, 11) is 0. The van der Waals surface area contributed by atoms with E-state index in [1.54, 1.807) is 36.0 Å². The zero-order valence-corrected chi connectivity index (χ0v) is 20.2. The Labute approximate surface area is 204 Å². The smallest absolute Gasteiger partial charge is 0.435 e. The molecule has 35 heavy (non-hydrogen) atoms. The molecule has 6 rings (SSSR count). The normalized spacial score (nSPS) is 20.5. The summed E-state index contributed by atoms with van der Waals surface area (Å²) in [5, 5.41) is 9.74. The molecule has 2 aliphatic heterocycles. The van der Waals surface area contributed by atoms with Crippen LogP contribution in [0.1, 0.15) is 42.3 Å². The van der Waals surface area contributed by atoms with Crippen LogP contribution < -0.4 is 4.74 Å². The second-order valence-electron chi connectivity index (χ2n) is 9.46. The Morgan fingerprint density at radius 1 is 0.914 bits per heavy atom. The Morgan fingerprint density at radius 2 is 1.51 bits per heavy atom. The van der Waals surface area contributed by atoms with E-state index in [1.165, 1.54) is 4.68 Å². The Kier molecular flexibility index (Phi) is 4.87. The Balaban J connectivity index is 1.64. The fraction of sp³-hybridized carbons (Fsp3) is 0.308.